The minimum Gasteiger partial charge on any atom is -0.383 e. The van der Waals surface area contributed by atoms with E-state index in [2.05, 4.69) is 57.5 Å². The third-order valence-corrected chi connectivity index (χ3v) is 5.09. The van der Waals surface area contributed by atoms with Gasteiger partial charge in [0.2, 0.25) is 0 Å². The number of para-hydroxylation sites is 1. The van der Waals surface area contributed by atoms with E-state index in [1.807, 2.05) is 20.2 Å². The van der Waals surface area contributed by atoms with Crippen LogP contribution in [0.4, 0.5) is 0 Å². The first kappa shape index (κ1) is 20.4. The first-order chi connectivity index (χ1) is 13.5. The summed E-state index contributed by atoms with van der Waals surface area (Å²) in [6.45, 7) is 7.19. The van der Waals surface area contributed by atoms with Crippen LogP contribution >= 0.6 is 0 Å². The number of nitrogens with one attached hydrogen (secondary N) is 1. The number of hydrogen-bond donors (Lipinski definition) is 1. The molecule has 6 heteroatoms. The number of hydrogen-bond acceptors (Lipinski definition) is 3. The van der Waals surface area contributed by atoms with Crippen LogP contribution in [0.1, 0.15) is 36.8 Å². The molecule has 0 aliphatic rings. The molecule has 1 amide bonds. The maximum Gasteiger partial charge on any atom is 0.268 e. The Bertz CT molecular complexity index is 952. The van der Waals surface area contributed by atoms with Gasteiger partial charge in [0.25, 0.3) is 5.91 Å². The van der Waals surface area contributed by atoms with Crippen molar-refractivity contribution in [3.05, 3.63) is 36.0 Å². The van der Waals surface area contributed by atoms with Crippen molar-refractivity contribution in [3.63, 3.8) is 0 Å². The van der Waals surface area contributed by atoms with Gasteiger partial charge in [0, 0.05) is 31.6 Å². The number of rotatable bonds is 9. The van der Waals surface area contributed by atoms with Gasteiger partial charge in [-0.2, -0.15) is 0 Å². The topological polar surface area (TPSA) is 51.4 Å². The summed E-state index contributed by atoms with van der Waals surface area (Å²) >= 11 is 0. The molecule has 1 N–H and O–H groups in total. The first-order valence-electron chi connectivity index (χ1n) is 9.99. The van der Waals surface area contributed by atoms with E-state index in [1.54, 1.807) is 7.11 Å². The number of carbonyl (C=O) groups excluding carboxylic acids is 1. The Kier molecular flexibility index (Phi) is 6.42. The van der Waals surface area contributed by atoms with Crippen molar-refractivity contribution in [2.45, 2.75) is 32.9 Å². The van der Waals surface area contributed by atoms with Gasteiger partial charge in [-0.15, -0.1) is 0 Å². The van der Waals surface area contributed by atoms with E-state index in [-0.39, 0.29) is 5.91 Å². The molecule has 0 aliphatic carbocycles. The Morgan fingerprint density at radius 2 is 1.96 bits per heavy atom. The molecule has 0 radical (unpaired) electrons. The average Bonchev–Trinajstić information content (AvgIpc) is 3.17. The highest BCUT2D eigenvalue weighted by molar-refractivity contribution is 6.10. The second kappa shape index (κ2) is 8.80. The molecule has 0 bridgehead atoms. The van der Waals surface area contributed by atoms with Gasteiger partial charge in [-0.1, -0.05) is 18.2 Å². The molecule has 152 valence electrons. The average molecular weight is 385 g/mol. The number of ether oxygens (including phenoxy) is 1. The second-order valence-corrected chi connectivity index (χ2v) is 7.80. The van der Waals surface area contributed by atoms with Crippen LogP contribution < -0.4 is 5.32 Å². The smallest absolute Gasteiger partial charge is 0.268 e. The van der Waals surface area contributed by atoms with Gasteiger partial charge in [0.15, 0.2) is 0 Å². The van der Waals surface area contributed by atoms with Crippen LogP contribution in [0.25, 0.3) is 21.9 Å². The molecule has 0 saturated heterocycles. The quantitative estimate of drug-likeness (QED) is 0.575. The molecule has 0 spiro atoms. The summed E-state index contributed by atoms with van der Waals surface area (Å²) in [6, 6.07) is 10.7. The Balaban J connectivity index is 2.04. The van der Waals surface area contributed by atoms with Gasteiger partial charge in [-0.25, -0.2) is 0 Å². The molecule has 0 unspecified atom stereocenters. The number of benzene rings is 1. The minimum atomic E-state index is -0.0227. The monoisotopic (exact) mass is 384 g/mol. The fourth-order valence-electron chi connectivity index (χ4n) is 3.86. The predicted octanol–water partition coefficient (Wildman–Crippen LogP) is 3.50. The lowest BCUT2D eigenvalue weighted by molar-refractivity contribution is 0.0941. The van der Waals surface area contributed by atoms with Gasteiger partial charge >= 0.3 is 0 Å². The van der Waals surface area contributed by atoms with Crippen molar-refractivity contribution in [1.82, 2.24) is 19.4 Å². The molecule has 6 nitrogen and oxygen atoms in total. The minimum absolute atomic E-state index is 0.0227. The van der Waals surface area contributed by atoms with Crippen LogP contribution in [-0.2, 0) is 11.3 Å². The molecule has 3 aromatic rings. The van der Waals surface area contributed by atoms with Crippen LogP contribution in [0.5, 0.6) is 0 Å². The number of aromatic nitrogens is 2. The van der Waals surface area contributed by atoms with E-state index in [0.29, 0.717) is 31.4 Å². The normalized spacial score (nSPS) is 12.0. The number of fused-ring (bicyclic) bond motifs is 3. The lowest BCUT2D eigenvalue weighted by atomic mass is 10.2. The molecule has 1 aromatic carbocycles. The maximum absolute atomic E-state index is 13.0. The number of methoxy groups -OCH3 is 1. The predicted molar refractivity (Wildman–Crippen MR) is 115 cm³/mol. The zero-order valence-electron chi connectivity index (χ0n) is 17.7. The van der Waals surface area contributed by atoms with E-state index in [1.165, 1.54) is 10.9 Å². The highest BCUT2D eigenvalue weighted by Gasteiger charge is 2.22. The summed E-state index contributed by atoms with van der Waals surface area (Å²) in [5.74, 6) is -0.0227. The highest BCUT2D eigenvalue weighted by atomic mass is 16.5. The zero-order valence-corrected chi connectivity index (χ0v) is 17.7. The van der Waals surface area contributed by atoms with Crippen molar-refractivity contribution in [3.8, 4) is 0 Å². The summed E-state index contributed by atoms with van der Waals surface area (Å²) in [5.41, 5.74) is 4.12. The van der Waals surface area contributed by atoms with Crippen molar-refractivity contribution in [2.24, 2.45) is 0 Å². The molecule has 3 rings (SSSR count). The van der Waals surface area contributed by atoms with Gasteiger partial charge in [-0.3, -0.25) is 4.79 Å². The van der Waals surface area contributed by atoms with Crippen molar-refractivity contribution in [1.29, 1.82) is 0 Å². The molecule has 0 atom stereocenters. The Hall–Kier alpha value is -2.31. The summed E-state index contributed by atoms with van der Waals surface area (Å²) in [4.78, 5) is 15.1. The first-order valence-corrected chi connectivity index (χ1v) is 9.99. The summed E-state index contributed by atoms with van der Waals surface area (Å²) in [5, 5.41) is 4.26. The number of nitrogens with zero attached hydrogens (tertiary/aromatic N) is 3. The number of amides is 1. The van der Waals surface area contributed by atoms with Gasteiger partial charge in [0.05, 0.1) is 23.2 Å². The SMILES string of the molecule is COCCn1c(C(=O)NCCCN(C)C)cc2c1c1ccccc1n2C(C)C. The molecule has 0 aliphatic heterocycles. The summed E-state index contributed by atoms with van der Waals surface area (Å²) in [6.07, 6.45) is 0.929. The molecule has 2 heterocycles. The molecule has 0 saturated carbocycles. The fraction of sp³-hybridized carbons (Fsp3) is 0.500. The van der Waals surface area contributed by atoms with Gasteiger partial charge in [-0.05, 0) is 53.0 Å². The van der Waals surface area contributed by atoms with Crippen molar-refractivity contribution in [2.75, 3.05) is 40.9 Å². The Morgan fingerprint density at radius 3 is 2.64 bits per heavy atom. The van der Waals surface area contributed by atoms with Crippen LogP contribution in [0.2, 0.25) is 0 Å². The summed E-state index contributed by atoms with van der Waals surface area (Å²) < 4.78 is 9.75. The van der Waals surface area contributed by atoms with Crippen LogP contribution in [0.15, 0.2) is 30.3 Å². The number of carbonyl (C=O) groups is 1. The largest absolute Gasteiger partial charge is 0.383 e. The second-order valence-electron chi connectivity index (χ2n) is 7.80. The van der Waals surface area contributed by atoms with Crippen molar-refractivity contribution < 1.29 is 9.53 Å². The Labute approximate surface area is 167 Å². The maximum atomic E-state index is 13.0. The van der Waals surface area contributed by atoms with Crippen LogP contribution in [-0.4, -0.2) is 60.8 Å². The Morgan fingerprint density at radius 1 is 1.21 bits per heavy atom. The van der Waals surface area contributed by atoms with E-state index in [4.69, 9.17) is 4.74 Å². The lowest BCUT2D eigenvalue weighted by Crippen LogP contribution is -2.29. The third-order valence-electron chi connectivity index (χ3n) is 5.09. The van der Waals surface area contributed by atoms with Gasteiger partial charge in [0.1, 0.15) is 5.69 Å². The van der Waals surface area contributed by atoms with E-state index >= 15 is 0 Å². The zero-order chi connectivity index (χ0) is 20.3. The molecule has 2 aromatic heterocycles. The standard InChI is InChI=1S/C22H32N4O2/c1-16(2)26-18-10-7-6-9-17(18)21-19(26)15-20(25(21)13-14-28-5)22(27)23-11-8-12-24(3)4/h6-7,9-10,15-16H,8,11-14H2,1-5H3,(H,23,27). The van der Waals surface area contributed by atoms with E-state index in [9.17, 15) is 4.79 Å². The summed E-state index contributed by atoms with van der Waals surface area (Å²) in [7, 11) is 5.78. The molecule has 28 heavy (non-hydrogen) atoms. The van der Waals surface area contributed by atoms with Crippen LogP contribution in [0.3, 0.4) is 0 Å². The van der Waals surface area contributed by atoms with Crippen molar-refractivity contribution >= 4 is 27.8 Å². The third kappa shape index (κ3) is 3.93. The van der Waals surface area contributed by atoms with Crippen LogP contribution in [0, 0.1) is 0 Å². The molecular weight excluding hydrogens is 352 g/mol. The molecular formula is C22H32N4O2. The highest BCUT2D eigenvalue weighted by Crippen LogP contribution is 2.34. The van der Waals surface area contributed by atoms with Gasteiger partial charge < -0.3 is 24.1 Å². The van der Waals surface area contributed by atoms with E-state index < -0.39 is 0 Å². The molecule has 0 fully saturated rings. The van der Waals surface area contributed by atoms with E-state index in [0.717, 1.165) is 24.0 Å². The lowest BCUT2D eigenvalue weighted by Gasteiger charge is -2.12. The fourth-order valence-corrected chi connectivity index (χ4v) is 3.86.